The van der Waals surface area contributed by atoms with Gasteiger partial charge < -0.3 is 9.84 Å². The molecule has 3 aromatic heterocycles. The molecule has 0 aromatic carbocycles. The van der Waals surface area contributed by atoms with Crippen LogP contribution in [-0.4, -0.2) is 20.8 Å². The lowest BCUT2D eigenvalue weighted by Gasteiger charge is -1.99. The highest BCUT2D eigenvalue weighted by atomic mass is 32.1. The number of carbonyl (C=O) groups excluding carboxylic acids is 1. The van der Waals surface area contributed by atoms with Gasteiger partial charge in [-0.15, -0.1) is 11.3 Å². The molecule has 0 atom stereocenters. The summed E-state index contributed by atoms with van der Waals surface area (Å²) in [6, 6.07) is 3.68. The number of amides is 1. The van der Waals surface area contributed by atoms with Crippen molar-refractivity contribution in [2.24, 2.45) is 7.05 Å². The Bertz CT molecular complexity index is 749. The fourth-order valence-electron chi connectivity index (χ4n) is 2.07. The summed E-state index contributed by atoms with van der Waals surface area (Å²) in [5, 5.41) is 12.0. The van der Waals surface area contributed by atoms with Crippen LogP contribution in [0, 0.1) is 13.8 Å². The smallest absolute Gasteiger partial charge is 0.261 e. The molecular formula is C13H14N4O2S. The van der Waals surface area contributed by atoms with Crippen molar-refractivity contribution in [3.8, 4) is 0 Å². The Morgan fingerprint density at radius 1 is 1.45 bits per heavy atom. The largest absolute Gasteiger partial charge is 0.359 e. The summed E-state index contributed by atoms with van der Waals surface area (Å²) in [6.07, 6.45) is 0. The van der Waals surface area contributed by atoms with E-state index in [1.165, 1.54) is 11.3 Å². The van der Waals surface area contributed by atoms with Gasteiger partial charge >= 0.3 is 0 Å². The average molecular weight is 290 g/mol. The number of aromatic nitrogens is 3. The van der Waals surface area contributed by atoms with E-state index in [0.29, 0.717) is 17.2 Å². The predicted octanol–water partition coefficient (Wildman–Crippen LogP) is 2.17. The van der Waals surface area contributed by atoms with E-state index in [9.17, 15) is 4.79 Å². The third kappa shape index (κ3) is 2.20. The Morgan fingerprint density at radius 2 is 2.25 bits per heavy atom. The number of rotatable bonds is 3. The first-order chi connectivity index (χ1) is 9.54. The molecule has 0 aliphatic rings. The topological polar surface area (TPSA) is 73.0 Å². The van der Waals surface area contributed by atoms with Crippen LogP contribution in [-0.2, 0) is 13.6 Å². The van der Waals surface area contributed by atoms with Crippen LogP contribution in [0.2, 0.25) is 0 Å². The molecule has 0 unspecified atom stereocenters. The van der Waals surface area contributed by atoms with E-state index < -0.39 is 0 Å². The van der Waals surface area contributed by atoms with Gasteiger partial charge in [-0.1, -0.05) is 5.16 Å². The van der Waals surface area contributed by atoms with Crippen molar-refractivity contribution < 1.29 is 9.32 Å². The molecule has 0 aliphatic carbocycles. The second kappa shape index (κ2) is 4.75. The van der Waals surface area contributed by atoms with Gasteiger partial charge in [-0.3, -0.25) is 9.48 Å². The van der Waals surface area contributed by atoms with Gasteiger partial charge in [-0.05, 0) is 19.9 Å². The first-order valence-electron chi connectivity index (χ1n) is 6.18. The Balaban J connectivity index is 1.77. The second-order valence-corrected chi connectivity index (χ2v) is 5.69. The number of fused-ring (bicyclic) bond motifs is 1. The van der Waals surface area contributed by atoms with Crippen molar-refractivity contribution >= 4 is 27.5 Å². The van der Waals surface area contributed by atoms with E-state index in [0.717, 1.165) is 21.6 Å². The average Bonchev–Trinajstić information content (AvgIpc) is 3.06. The monoisotopic (exact) mass is 290 g/mol. The number of thiophene rings is 1. The number of hydrogen-bond donors (Lipinski definition) is 1. The molecule has 0 aliphatic heterocycles. The van der Waals surface area contributed by atoms with Crippen LogP contribution in [0.4, 0.5) is 0 Å². The van der Waals surface area contributed by atoms with Crippen LogP contribution < -0.4 is 5.32 Å². The predicted molar refractivity (Wildman–Crippen MR) is 75.7 cm³/mol. The normalized spacial score (nSPS) is 11.2. The Kier molecular flexibility index (Phi) is 3.06. The van der Waals surface area contributed by atoms with Crippen molar-refractivity contribution in [1.82, 2.24) is 20.3 Å². The molecule has 104 valence electrons. The maximum absolute atomic E-state index is 12.1. The number of carbonyl (C=O) groups is 1. The molecule has 20 heavy (non-hydrogen) atoms. The molecule has 0 fully saturated rings. The fraction of sp³-hybridized carbons (Fsp3) is 0.308. The first-order valence-corrected chi connectivity index (χ1v) is 7.00. The molecule has 1 amide bonds. The summed E-state index contributed by atoms with van der Waals surface area (Å²) in [5.74, 6) is 0.537. The van der Waals surface area contributed by atoms with Crippen LogP contribution in [0.3, 0.4) is 0 Å². The highest BCUT2D eigenvalue weighted by Crippen LogP contribution is 2.27. The van der Waals surface area contributed by atoms with Crippen molar-refractivity contribution in [3.63, 3.8) is 0 Å². The maximum atomic E-state index is 12.1. The quantitative estimate of drug-likeness (QED) is 0.802. The molecule has 0 bridgehead atoms. The number of nitrogens with one attached hydrogen (secondary N) is 1. The third-order valence-electron chi connectivity index (χ3n) is 3.02. The molecule has 0 radical (unpaired) electrons. The minimum atomic E-state index is -0.111. The van der Waals surface area contributed by atoms with E-state index in [4.69, 9.17) is 4.52 Å². The highest BCUT2D eigenvalue weighted by Gasteiger charge is 2.15. The van der Waals surface area contributed by atoms with Crippen LogP contribution >= 0.6 is 11.3 Å². The van der Waals surface area contributed by atoms with Gasteiger partial charge in [0.15, 0.2) is 5.76 Å². The van der Waals surface area contributed by atoms with Gasteiger partial charge in [0.1, 0.15) is 4.83 Å². The third-order valence-corrected chi connectivity index (χ3v) is 4.22. The number of aryl methyl sites for hydroxylation is 3. The zero-order chi connectivity index (χ0) is 14.3. The zero-order valence-corrected chi connectivity index (χ0v) is 12.2. The van der Waals surface area contributed by atoms with E-state index >= 15 is 0 Å². The van der Waals surface area contributed by atoms with Gasteiger partial charge in [0, 0.05) is 18.5 Å². The zero-order valence-electron chi connectivity index (χ0n) is 11.4. The summed E-state index contributed by atoms with van der Waals surface area (Å²) >= 11 is 1.44. The molecule has 7 heteroatoms. The van der Waals surface area contributed by atoms with Crippen molar-refractivity contribution in [3.05, 3.63) is 34.2 Å². The Hall–Kier alpha value is -2.15. The van der Waals surface area contributed by atoms with Gasteiger partial charge in [-0.2, -0.15) is 5.10 Å². The Morgan fingerprint density at radius 3 is 2.90 bits per heavy atom. The molecule has 3 aromatic rings. The van der Waals surface area contributed by atoms with Crippen molar-refractivity contribution in [2.45, 2.75) is 20.4 Å². The molecule has 1 N–H and O–H groups in total. The van der Waals surface area contributed by atoms with Crippen LogP contribution in [0.15, 0.2) is 16.7 Å². The minimum Gasteiger partial charge on any atom is -0.359 e. The second-order valence-electron chi connectivity index (χ2n) is 4.66. The number of hydrogen-bond acceptors (Lipinski definition) is 5. The van der Waals surface area contributed by atoms with Crippen molar-refractivity contribution in [1.29, 1.82) is 0 Å². The lowest BCUT2D eigenvalue weighted by atomic mass is 10.3. The van der Waals surface area contributed by atoms with Crippen LogP contribution in [0.25, 0.3) is 10.2 Å². The SMILES string of the molecule is Cc1cc(CNC(=O)c2cc3c(C)nn(C)c3s2)on1. The number of nitrogens with zero attached hydrogens (tertiary/aromatic N) is 3. The fourth-order valence-corrected chi connectivity index (χ4v) is 3.11. The van der Waals surface area contributed by atoms with E-state index in [2.05, 4.69) is 15.6 Å². The van der Waals surface area contributed by atoms with Gasteiger partial charge in [0.25, 0.3) is 5.91 Å². The first kappa shape index (κ1) is 12.9. The summed E-state index contributed by atoms with van der Waals surface area (Å²) in [4.78, 5) is 13.8. The molecule has 3 heterocycles. The van der Waals surface area contributed by atoms with E-state index in [1.54, 1.807) is 10.7 Å². The lowest BCUT2D eigenvalue weighted by Crippen LogP contribution is -2.21. The molecule has 0 saturated carbocycles. The molecular weight excluding hydrogens is 276 g/mol. The molecule has 3 rings (SSSR count). The van der Waals surface area contributed by atoms with Gasteiger partial charge in [0.05, 0.1) is 22.8 Å². The van der Waals surface area contributed by atoms with E-state index in [1.807, 2.05) is 27.0 Å². The summed E-state index contributed by atoms with van der Waals surface area (Å²) in [6.45, 7) is 4.12. The minimum absolute atomic E-state index is 0.111. The van der Waals surface area contributed by atoms with Gasteiger partial charge in [0.2, 0.25) is 0 Å². The highest BCUT2D eigenvalue weighted by molar-refractivity contribution is 7.20. The summed E-state index contributed by atoms with van der Waals surface area (Å²) in [5.41, 5.74) is 1.74. The van der Waals surface area contributed by atoms with E-state index in [-0.39, 0.29) is 5.91 Å². The molecule has 0 spiro atoms. The van der Waals surface area contributed by atoms with Crippen molar-refractivity contribution in [2.75, 3.05) is 0 Å². The summed E-state index contributed by atoms with van der Waals surface area (Å²) in [7, 11) is 1.88. The standard InChI is InChI=1S/C13H14N4O2S/c1-7-4-9(19-16-7)6-14-12(18)11-5-10-8(2)15-17(3)13(10)20-11/h4-5H,6H2,1-3H3,(H,14,18). The Labute approximate surface area is 119 Å². The van der Waals surface area contributed by atoms with Gasteiger partial charge in [-0.25, -0.2) is 0 Å². The lowest BCUT2D eigenvalue weighted by molar-refractivity contribution is 0.0951. The van der Waals surface area contributed by atoms with Crippen LogP contribution in [0.1, 0.15) is 26.8 Å². The maximum Gasteiger partial charge on any atom is 0.261 e. The molecule has 6 nitrogen and oxygen atoms in total. The summed E-state index contributed by atoms with van der Waals surface area (Å²) < 4.78 is 6.85. The van der Waals surface area contributed by atoms with Crippen LogP contribution in [0.5, 0.6) is 0 Å². The molecule has 0 saturated heterocycles.